The van der Waals surface area contributed by atoms with Crippen LogP contribution in [0.1, 0.15) is 38.5 Å². The maximum Gasteiger partial charge on any atom is 0.305 e. The smallest absolute Gasteiger partial charge is 0.305 e. The summed E-state index contributed by atoms with van der Waals surface area (Å²) in [6.45, 7) is 0. The average molecular weight is 238 g/mol. The van der Waals surface area contributed by atoms with Crippen molar-refractivity contribution in [3.05, 3.63) is 0 Å². The zero-order valence-corrected chi connectivity index (χ0v) is 10.1. The molecule has 0 aliphatic heterocycles. The van der Waals surface area contributed by atoms with Gasteiger partial charge in [-0.05, 0) is 12.8 Å². The maximum atomic E-state index is 10.4. The Morgan fingerprint density at radius 1 is 1.12 bits per heavy atom. The summed E-state index contributed by atoms with van der Waals surface area (Å²) in [5, 5.41) is 8.07. The Balaban J connectivity index is 0. The van der Waals surface area contributed by atoms with Crippen molar-refractivity contribution in [1.29, 1.82) is 0 Å². The van der Waals surface area contributed by atoms with Crippen molar-refractivity contribution in [2.24, 2.45) is 0 Å². The second-order valence-electron chi connectivity index (χ2n) is 3.09. The average Bonchev–Trinajstić information content (AvgIpc) is 2.30. The number of carboxylic acids is 1. The number of methoxy groups -OCH3 is 1. The van der Waals surface area contributed by atoms with Gasteiger partial charge in [-0.2, -0.15) is 0 Å². The molecule has 0 fully saturated rings. The van der Waals surface area contributed by atoms with Crippen LogP contribution in [-0.2, 0) is 14.3 Å². The van der Waals surface area contributed by atoms with Gasteiger partial charge in [0.2, 0.25) is 0 Å². The number of carbonyl (C=O) groups excluding carboxylic acids is 1. The molecule has 4 heteroatoms. The zero-order chi connectivity index (χ0) is 13.5. The van der Waals surface area contributed by atoms with Crippen LogP contribution < -0.4 is 0 Å². The Morgan fingerprint density at radius 3 is 1.94 bits per heavy atom. The highest BCUT2D eigenvalue weighted by Gasteiger charge is 1.96. The van der Waals surface area contributed by atoms with E-state index in [4.69, 9.17) is 18.0 Å². The zero-order valence-electron chi connectivity index (χ0n) is 10.1. The van der Waals surface area contributed by atoms with Crippen molar-refractivity contribution in [2.75, 3.05) is 7.11 Å². The van der Waals surface area contributed by atoms with E-state index in [1.807, 2.05) is 0 Å². The number of carbonyl (C=O) groups is 2. The van der Waals surface area contributed by atoms with E-state index in [0.29, 0.717) is 25.7 Å². The van der Waals surface area contributed by atoms with Gasteiger partial charge < -0.3 is 9.84 Å². The van der Waals surface area contributed by atoms with Crippen LogP contribution in [0.5, 0.6) is 0 Å². The molecule has 0 bridgehead atoms. The molecule has 0 aliphatic rings. The first-order valence-electron chi connectivity index (χ1n) is 5.24. The molecule has 17 heavy (non-hydrogen) atoms. The normalized spacial score (nSPS) is 7.94. The Bertz CT molecular complexity index is 294. The highest BCUT2D eigenvalue weighted by atomic mass is 16.5. The van der Waals surface area contributed by atoms with E-state index in [1.165, 1.54) is 7.11 Å². The molecule has 0 aliphatic carbocycles. The summed E-state index contributed by atoms with van der Waals surface area (Å²) in [6, 6.07) is 0. The number of rotatable bonds is 6. The summed E-state index contributed by atoms with van der Waals surface area (Å²) < 4.78 is 4.39. The van der Waals surface area contributed by atoms with E-state index in [1.54, 1.807) is 0 Å². The molecule has 0 aromatic heterocycles. The van der Waals surface area contributed by atoms with E-state index in [9.17, 15) is 9.59 Å². The van der Waals surface area contributed by atoms with E-state index in [2.05, 4.69) is 16.6 Å². The number of ether oxygens (including phenoxy) is 1. The number of esters is 1. The van der Waals surface area contributed by atoms with Crippen LogP contribution in [-0.4, -0.2) is 24.2 Å². The molecule has 0 heterocycles. The number of carboxylic acid groups (broad SMARTS) is 1. The van der Waals surface area contributed by atoms with Gasteiger partial charge in [0, 0.05) is 25.7 Å². The molecule has 0 radical (unpaired) electrons. The van der Waals surface area contributed by atoms with Gasteiger partial charge in [0.1, 0.15) is 0 Å². The fourth-order valence-corrected chi connectivity index (χ4v) is 0.779. The predicted molar refractivity (Wildman–Crippen MR) is 65.0 cm³/mol. The molecule has 94 valence electrons. The summed E-state index contributed by atoms with van der Waals surface area (Å²) in [5.74, 6) is 3.83. The largest absolute Gasteiger partial charge is 0.481 e. The van der Waals surface area contributed by atoms with Gasteiger partial charge in [-0.1, -0.05) is 0 Å². The number of hydrogen-bond acceptors (Lipinski definition) is 3. The second-order valence-corrected chi connectivity index (χ2v) is 3.09. The van der Waals surface area contributed by atoms with Crippen LogP contribution in [0.25, 0.3) is 0 Å². The lowest BCUT2D eigenvalue weighted by atomic mass is 10.2. The molecule has 0 spiro atoms. The molecular formula is C13H18O4. The lowest BCUT2D eigenvalue weighted by Crippen LogP contribution is -1.98. The first kappa shape index (κ1) is 17.5. The number of unbranched alkanes of at least 4 members (excludes halogenated alkanes) is 2. The highest BCUT2D eigenvalue weighted by molar-refractivity contribution is 5.69. The van der Waals surface area contributed by atoms with Crippen molar-refractivity contribution in [2.45, 2.75) is 38.5 Å². The van der Waals surface area contributed by atoms with Gasteiger partial charge in [0.05, 0.1) is 7.11 Å². The van der Waals surface area contributed by atoms with Gasteiger partial charge in [-0.3, -0.25) is 9.59 Å². The molecule has 0 unspecified atom stereocenters. The molecule has 0 saturated carbocycles. The third-order valence-electron chi connectivity index (χ3n) is 1.64. The quantitative estimate of drug-likeness (QED) is 0.435. The summed E-state index contributed by atoms with van der Waals surface area (Å²) in [7, 11) is 1.37. The van der Waals surface area contributed by atoms with Crippen LogP contribution >= 0.6 is 0 Å². The topological polar surface area (TPSA) is 63.6 Å². The minimum Gasteiger partial charge on any atom is -0.481 e. The third kappa shape index (κ3) is 20.2. The predicted octanol–water partition coefficient (Wildman–Crippen LogP) is 1.84. The molecule has 0 amide bonds. The molecule has 4 nitrogen and oxygen atoms in total. The minimum absolute atomic E-state index is 0.185. The summed E-state index contributed by atoms with van der Waals surface area (Å²) in [6.07, 6.45) is 13.0. The number of terminal acetylenes is 2. The monoisotopic (exact) mass is 238 g/mol. The van der Waals surface area contributed by atoms with Crippen LogP contribution in [0.2, 0.25) is 0 Å². The maximum absolute atomic E-state index is 10.4. The Morgan fingerprint density at radius 2 is 1.59 bits per heavy atom. The fraction of sp³-hybridized carbons (Fsp3) is 0.538. The Labute approximate surface area is 102 Å². The van der Waals surface area contributed by atoms with Crippen LogP contribution in [0.15, 0.2) is 0 Å². The van der Waals surface area contributed by atoms with Gasteiger partial charge in [0.25, 0.3) is 0 Å². The molecule has 0 aromatic rings. The highest BCUT2D eigenvalue weighted by Crippen LogP contribution is 1.94. The third-order valence-corrected chi connectivity index (χ3v) is 1.64. The SMILES string of the molecule is C#CCCCC(=O)O.C#CCCCC(=O)OC. The standard InChI is InChI=1S/C7H10O2.C6H8O2/c1-3-4-5-6-7(8)9-2;1-2-3-4-5-6(7)8/h1H,4-6H2,2H3;1H,3-5H2,(H,7,8). The molecular weight excluding hydrogens is 220 g/mol. The molecule has 0 rings (SSSR count). The van der Waals surface area contributed by atoms with Crippen molar-refractivity contribution in [3.63, 3.8) is 0 Å². The molecule has 1 N–H and O–H groups in total. The van der Waals surface area contributed by atoms with Gasteiger partial charge in [-0.25, -0.2) is 0 Å². The number of aliphatic carboxylic acids is 1. The van der Waals surface area contributed by atoms with Crippen molar-refractivity contribution < 1.29 is 19.4 Å². The molecule has 0 saturated heterocycles. The first-order valence-corrected chi connectivity index (χ1v) is 5.24. The van der Waals surface area contributed by atoms with E-state index < -0.39 is 5.97 Å². The van der Waals surface area contributed by atoms with Crippen LogP contribution in [0, 0.1) is 24.7 Å². The van der Waals surface area contributed by atoms with Crippen LogP contribution in [0.4, 0.5) is 0 Å². The summed E-state index contributed by atoms with van der Waals surface area (Å²) >= 11 is 0. The lowest BCUT2D eigenvalue weighted by molar-refractivity contribution is -0.140. The van der Waals surface area contributed by atoms with Gasteiger partial charge >= 0.3 is 11.9 Å². The lowest BCUT2D eigenvalue weighted by Gasteiger charge is -1.93. The van der Waals surface area contributed by atoms with Gasteiger partial charge in [0.15, 0.2) is 0 Å². The number of hydrogen-bond donors (Lipinski definition) is 1. The Kier molecular flexibility index (Phi) is 14.4. The second kappa shape index (κ2) is 14.1. The van der Waals surface area contributed by atoms with Crippen molar-refractivity contribution in [1.82, 2.24) is 0 Å². The van der Waals surface area contributed by atoms with Gasteiger partial charge in [-0.15, -0.1) is 24.7 Å². The first-order chi connectivity index (χ1) is 8.08. The van der Waals surface area contributed by atoms with Crippen molar-refractivity contribution >= 4 is 11.9 Å². The summed E-state index contributed by atoms with van der Waals surface area (Å²) in [4.78, 5) is 20.2. The van der Waals surface area contributed by atoms with Crippen LogP contribution in [0.3, 0.4) is 0 Å². The summed E-state index contributed by atoms with van der Waals surface area (Å²) in [5.41, 5.74) is 0. The molecule has 0 aromatic carbocycles. The van der Waals surface area contributed by atoms with E-state index in [0.717, 1.165) is 6.42 Å². The van der Waals surface area contributed by atoms with Crippen molar-refractivity contribution in [3.8, 4) is 24.7 Å². The Hall–Kier alpha value is -1.94. The fourth-order valence-electron chi connectivity index (χ4n) is 0.779. The molecule has 0 atom stereocenters. The minimum atomic E-state index is -0.778. The van der Waals surface area contributed by atoms with E-state index >= 15 is 0 Å². The van der Waals surface area contributed by atoms with E-state index in [-0.39, 0.29) is 12.4 Å².